The van der Waals surface area contributed by atoms with E-state index in [0.717, 1.165) is 28.3 Å². The summed E-state index contributed by atoms with van der Waals surface area (Å²) in [6, 6.07) is 107. The first kappa shape index (κ1) is 42.1. The number of anilines is 3. The van der Waals surface area contributed by atoms with Crippen LogP contribution in [0.1, 0.15) is 0 Å². The van der Waals surface area contributed by atoms with Gasteiger partial charge in [0.05, 0.1) is 11.0 Å². The van der Waals surface area contributed by atoms with Gasteiger partial charge in [-0.15, -0.1) is 0 Å². The number of hydrogen-bond acceptors (Lipinski definition) is 1. The van der Waals surface area contributed by atoms with Gasteiger partial charge in [0.15, 0.2) is 8.07 Å². The molecular formula is C68H48N2Si. The minimum absolute atomic E-state index is 1.08. The minimum Gasteiger partial charge on any atom is -0.310 e. The third-order valence-electron chi connectivity index (χ3n) is 14.5. The molecule has 0 aliphatic carbocycles. The summed E-state index contributed by atoms with van der Waals surface area (Å²) >= 11 is 0. The highest BCUT2D eigenvalue weighted by atomic mass is 28.3. The molecule has 0 N–H and O–H groups in total. The molecule has 1 heterocycles. The van der Waals surface area contributed by atoms with Crippen molar-refractivity contribution in [1.82, 2.24) is 4.57 Å². The zero-order chi connectivity index (χ0) is 47.1. The SMILES string of the molecule is c1ccc(-n2c3ccccc3c3c(-c4cccc(N(c5ccc(-c6cc7ccccc7c7ccccc67)cc5)c5ccc([Si](c6ccccc6)(c6ccccc6)c6ccccc6)cc5)c4)cccc32)cc1. The monoisotopic (exact) mass is 920 g/mol. The van der Waals surface area contributed by atoms with Gasteiger partial charge in [0.25, 0.3) is 0 Å². The number of nitrogens with zero attached hydrogens (tertiary/aromatic N) is 2. The Morgan fingerprint density at radius 1 is 0.282 bits per heavy atom. The molecule has 0 saturated carbocycles. The van der Waals surface area contributed by atoms with E-state index in [1.54, 1.807) is 0 Å². The lowest BCUT2D eigenvalue weighted by Crippen LogP contribution is -2.74. The second-order valence-electron chi connectivity index (χ2n) is 18.4. The van der Waals surface area contributed by atoms with E-state index in [4.69, 9.17) is 0 Å². The Bertz CT molecular complexity index is 3920. The van der Waals surface area contributed by atoms with Crippen LogP contribution in [0.5, 0.6) is 0 Å². The van der Waals surface area contributed by atoms with Gasteiger partial charge in [-0.3, -0.25) is 0 Å². The van der Waals surface area contributed by atoms with E-state index < -0.39 is 8.07 Å². The van der Waals surface area contributed by atoms with Gasteiger partial charge in [0.2, 0.25) is 0 Å². The van der Waals surface area contributed by atoms with Crippen molar-refractivity contribution in [2.45, 2.75) is 0 Å². The fourth-order valence-corrected chi connectivity index (χ4v) is 16.1. The number of para-hydroxylation sites is 2. The molecule has 0 atom stereocenters. The normalized spacial score (nSPS) is 11.7. The molecule has 12 aromatic carbocycles. The summed E-state index contributed by atoms with van der Waals surface area (Å²) in [5, 5.41) is 12.9. The molecule has 1 aromatic heterocycles. The van der Waals surface area contributed by atoms with E-state index >= 15 is 0 Å². The molecule has 71 heavy (non-hydrogen) atoms. The summed E-state index contributed by atoms with van der Waals surface area (Å²) in [5.41, 5.74) is 11.6. The number of hydrogen-bond donors (Lipinski definition) is 0. The predicted octanol–water partition coefficient (Wildman–Crippen LogP) is 15.3. The zero-order valence-electron chi connectivity index (χ0n) is 39.1. The number of rotatable bonds is 10. The van der Waals surface area contributed by atoms with Crippen LogP contribution in [0.3, 0.4) is 0 Å². The Kier molecular flexibility index (Phi) is 10.6. The Hall–Kier alpha value is -9.02. The highest BCUT2D eigenvalue weighted by molar-refractivity contribution is 7.19. The van der Waals surface area contributed by atoms with Crippen molar-refractivity contribution in [3.8, 4) is 27.9 Å². The van der Waals surface area contributed by atoms with Crippen LogP contribution < -0.4 is 25.6 Å². The van der Waals surface area contributed by atoms with Crippen LogP contribution in [0, 0.1) is 0 Å². The first-order valence-corrected chi connectivity index (χ1v) is 26.5. The quantitative estimate of drug-likeness (QED) is 0.0754. The van der Waals surface area contributed by atoms with Crippen molar-refractivity contribution >= 4 is 89.2 Å². The molecule has 0 saturated heterocycles. The van der Waals surface area contributed by atoms with Crippen LogP contribution in [0.15, 0.2) is 291 Å². The lowest BCUT2D eigenvalue weighted by Gasteiger charge is -2.35. The topological polar surface area (TPSA) is 8.17 Å². The first-order chi connectivity index (χ1) is 35.2. The molecule has 13 rings (SSSR count). The van der Waals surface area contributed by atoms with Crippen molar-refractivity contribution in [2.75, 3.05) is 4.90 Å². The number of fused-ring (bicyclic) bond motifs is 6. The molecule has 2 nitrogen and oxygen atoms in total. The average Bonchev–Trinajstić information content (AvgIpc) is 3.80. The fraction of sp³-hybridized carbons (Fsp3) is 0. The van der Waals surface area contributed by atoms with Crippen molar-refractivity contribution in [2.24, 2.45) is 0 Å². The second-order valence-corrected chi connectivity index (χ2v) is 22.2. The molecular weight excluding hydrogens is 873 g/mol. The second kappa shape index (κ2) is 17.8. The molecule has 334 valence electrons. The molecule has 0 aliphatic rings. The molecule has 3 heteroatoms. The summed E-state index contributed by atoms with van der Waals surface area (Å²) < 4.78 is 2.40. The summed E-state index contributed by atoms with van der Waals surface area (Å²) in [6.07, 6.45) is 0. The van der Waals surface area contributed by atoms with Crippen LogP contribution in [0.25, 0.3) is 71.3 Å². The standard InChI is InChI=1S/C68H48N2Si/c1-5-23-52(24-6-1)70-66-37-18-17-35-64(66)68-61(36-20-38-67(68)70)50-22-19-25-55(47-50)69(53-41-39-49(40-42-53)65-48-51-21-13-14-32-60(51)62-33-15-16-34-63(62)65)54-43-45-59(46-44-54)71(56-26-7-2-8-27-56,57-28-9-3-10-29-57)58-30-11-4-12-31-58/h1-48H. The number of aromatic nitrogens is 1. The van der Waals surface area contributed by atoms with Crippen molar-refractivity contribution in [3.05, 3.63) is 291 Å². The summed E-state index contributed by atoms with van der Waals surface area (Å²) in [5.74, 6) is 0. The Morgan fingerprint density at radius 3 is 1.42 bits per heavy atom. The van der Waals surface area contributed by atoms with E-state index in [1.165, 1.54) is 80.8 Å². The van der Waals surface area contributed by atoms with E-state index in [9.17, 15) is 0 Å². The summed E-state index contributed by atoms with van der Waals surface area (Å²) in [4.78, 5) is 2.43. The van der Waals surface area contributed by atoms with Gasteiger partial charge in [-0.25, -0.2) is 0 Å². The largest absolute Gasteiger partial charge is 0.310 e. The van der Waals surface area contributed by atoms with Crippen molar-refractivity contribution in [3.63, 3.8) is 0 Å². The van der Waals surface area contributed by atoms with Gasteiger partial charge >= 0.3 is 0 Å². The maximum absolute atomic E-state index is 2.75. The van der Waals surface area contributed by atoms with Crippen LogP contribution in [-0.4, -0.2) is 12.6 Å². The lowest BCUT2D eigenvalue weighted by atomic mass is 9.93. The summed E-state index contributed by atoms with van der Waals surface area (Å²) in [6.45, 7) is 0. The zero-order valence-corrected chi connectivity index (χ0v) is 40.1. The first-order valence-electron chi connectivity index (χ1n) is 24.5. The molecule has 0 spiro atoms. The predicted molar refractivity (Wildman–Crippen MR) is 305 cm³/mol. The molecule has 0 amide bonds. The summed E-state index contributed by atoms with van der Waals surface area (Å²) in [7, 11) is -2.75. The van der Waals surface area contributed by atoms with Gasteiger partial charge < -0.3 is 9.47 Å². The lowest BCUT2D eigenvalue weighted by molar-refractivity contribution is 1.18. The molecule has 0 fully saturated rings. The Balaban J connectivity index is 0.993. The molecule has 0 bridgehead atoms. The van der Waals surface area contributed by atoms with E-state index in [2.05, 4.69) is 301 Å². The Morgan fingerprint density at radius 2 is 0.775 bits per heavy atom. The van der Waals surface area contributed by atoms with E-state index in [1.807, 2.05) is 0 Å². The minimum atomic E-state index is -2.75. The van der Waals surface area contributed by atoms with Crippen LogP contribution in [0.4, 0.5) is 17.1 Å². The van der Waals surface area contributed by atoms with Gasteiger partial charge in [-0.2, -0.15) is 0 Å². The van der Waals surface area contributed by atoms with E-state index in [-0.39, 0.29) is 0 Å². The van der Waals surface area contributed by atoms with Crippen molar-refractivity contribution < 1.29 is 0 Å². The van der Waals surface area contributed by atoms with Gasteiger partial charge in [-0.1, -0.05) is 224 Å². The van der Waals surface area contributed by atoms with Gasteiger partial charge in [-0.05, 0) is 131 Å². The van der Waals surface area contributed by atoms with Crippen LogP contribution in [-0.2, 0) is 0 Å². The van der Waals surface area contributed by atoms with Gasteiger partial charge in [0, 0.05) is 33.5 Å². The maximum atomic E-state index is 2.43. The average molecular weight is 921 g/mol. The van der Waals surface area contributed by atoms with Crippen molar-refractivity contribution in [1.29, 1.82) is 0 Å². The smallest absolute Gasteiger partial charge is 0.179 e. The van der Waals surface area contributed by atoms with Gasteiger partial charge in [0.1, 0.15) is 0 Å². The van der Waals surface area contributed by atoms with E-state index in [0.29, 0.717) is 0 Å². The maximum Gasteiger partial charge on any atom is 0.179 e. The highest BCUT2D eigenvalue weighted by Gasteiger charge is 2.41. The molecule has 13 aromatic rings. The third kappa shape index (κ3) is 7.17. The molecule has 0 radical (unpaired) electrons. The highest BCUT2D eigenvalue weighted by Crippen LogP contribution is 2.43. The molecule has 0 unspecified atom stereocenters. The molecule has 0 aliphatic heterocycles. The third-order valence-corrected chi connectivity index (χ3v) is 19.3. The van der Waals surface area contributed by atoms with Crippen LogP contribution in [0.2, 0.25) is 0 Å². The fourth-order valence-electron chi connectivity index (χ4n) is 11.4. The number of benzene rings is 12. The Labute approximate surface area is 415 Å². The van der Waals surface area contributed by atoms with Crippen LogP contribution >= 0.6 is 0 Å².